The highest BCUT2D eigenvalue weighted by atomic mass is 35.5. The molecule has 1 aromatic carbocycles. The minimum absolute atomic E-state index is 0.600. The van der Waals surface area contributed by atoms with Crippen LogP contribution >= 0.6 is 22.9 Å². The van der Waals surface area contributed by atoms with Crippen molar-refractivity contribution in [3.8, 4) is 0 Å². The van der Waals surface area contributed by atoms with Crippen LogP contribution in [0.5, 0.6) is 0 Å². The van der Waals surface area contributed by atoms with Gasteiger partial charge in [0.15, 0.2) is 5.96 Å². The van der Waals surface area contributed by atoms with E-state index in [0.29, 0.717) is 18.5 Å². The normalized spacial score (nSPS) is 15.8. The van der Waals surface area contributed by atoms with Gasteiger partial charge in [-0.2, -0.15) is 0 Å². The van der Waals surface area contributed by atoms with Crippen LogP contribution in [0.25, 0.3) is 10.2 Å². The highest BCUT2D eigenvalue weighted by Gasteiger charge is 2.27. The lowest BCUT2D eigenvalue weighted by Gasteiger charge is -2.16. The fourth-order valence-electron chi connectivity index (χ4n) is 2.08. The smallest absolute Gasteiger partial charge is 0.191 e. The van der Waals surface area contributed by atoms with Crippen molar-refractivity contribution >= 4 is 39.1 Å². The number of nitrogens with two attached hydrogens (primary N) is 1. The maximum absolute atomic E-state index is 5.96. The molecule has 0 spiro atoms. The Morgan fingerprint density at radius 2 is 2.35 bits per heavy atom. The molecule has 1 saturated carbocycles. The molecule has 0 unspecified atom stereocenters. The molecule has 2 N–H and O–H groups in total. The summed E-state index contributed by atoms with van der Waals surface area (Å²) in [6.07, 6.45) is 3.27. The van der Waals surface area contributed by atoms with Crippen molar-refractivity contribution in [3.63, 3.8) is 0 Å². The topological polar surface area (TPSA) is 54.5 Å². The van der Waals surface area contributed by atoms with Crippen molar-refractivity contribution in [2.75, 3.05) is 13.6 Å². The summed E-state index contributed by atoms with van der Waals surface area (Å²) >= 11 is 7.66. The molecule has 0 radical (unpaired) electrons. The van der Waals surface area contributed by atoms with E-state index in [4.69, 9.17) is 17.3 Å². The maximum Gasteiger partial charge on any atom is 0.191 e. The number of guanidine groups is 1. The molecule has 3 rings (SSSR count). The quantitative estimate of drug-likeness (QED) is 0.698. The number of thiazole rings is 1. The summed E-state index contributed by atoms with van der Waals surface area (Å²) in [6.45, 7) is 0.677. The summed E-state index contributed by atoms with van der Waals surface area (Å²) in [4.78, 5) is 11.1. The number of aliphatic imine (C=N–C) groups is 1. The Bertz CT molecular complexity index is 648. The van der Waals surface area contributed by atoms with Crippen LogP contribution in [0.1, 0.15) is 17.8 Å². The van der Waals surface area contributed by atoms with Crippen molar-refractivity contribution in [1.82, 2.24) is 9.88 Å². The summed E-state index contributed by atoms with van der Waals surface area (Å²) in [5.41, 5.74) is 6.92. The fraction of sp³-hybridized carbons (Fsp3) is 0.429. The molecule has 1 aliphatic carbocycles. The maximum atomic E-state index is 5.96. The van der Waals surface area contributed by atoms with Crippen molar-refractivity contribution in [2.24, 2.45) is 10.7 Å². The summed E-state index contributed by atoms with van der Waals surface area (Å²) in [7, 11) is 2.01. The van der Waals surface area contributed by atoms with Crippen LogP contribution in [0.3, 0.4) is 0 Å². The van der Waals surface area contributed by atoms with Crippen LogP contribution in [0.2, 0.25) is 5.02 Å². The second-order valence-electron chi connectivity index (χ2n) is 5.05. The van der Waals surface area contributed by atoms with Crippen molar-refractivity contribution in [2.45, 2.75) is 25.3 Å². The van der Waals surface area contributed by atoms with E-state index in [0.717, 1.165) is 26.7 Å². The summed E-state index contributed by atoms with van der Waals surface area (Å²) < 4.78 is 1.16. The zero-order valence-corrected chi connectivity index (χ0v) is 12.9. The van der Waals surface area contributed by atoms with Crippen molar-refractivity contribution in [3.05, 3.63) is 28.2 Å². The predicted octanol–water partition coefficient (Wildman–Crippen LogP) is 2.90. The van der Waals surface area contributed by atoms with Gasteiger partial charge >= 0.3 is 0 Å². The SMILES string of the molecule is CN(C(N)=NCCc1nc2cc(Cl)ccc2s1)C1CC1. The van der Waals surface area contributed by atoms with E-state index in [1.807, 2.05) is 25.2 Å². The van der Waals surface area contributed by atoms with Crippen LogP contribution < -0.4 is 5.73 Å². The van der Waals surface area contributed by atoms with Crippen molar-refractivity contribution in [1.29, 1.82) is 0 Å². The third-order valence-corrected chi connectivity index (χ3v) is 4.78. The number of hydrogen-bond acceptors (Lipinski definition) is 3. The molecule has 1 heterocycles. The summed E-state index contributed by atoms with van der Waals surface area (Å²) in [5, 5.41) is 1.80. The number of fused-ring (bicyclic) bond motifs is 1. The molecular formula is C14H17ClN4S. The second kappa shape index (κ2) is 5.58. The van der Waals surface area contributed by atoms with Crippen LogP contribution in [0.4, 0.5) is 0 Å². The average Bonchev–Trinajstić information content (AvgIpc) is 3.19. The Morgan fingerprint density at radius 1 is 1.55 bits per heavy atom. The number of nitrogens with zero attached hydrogens (tertiary/aromatic N) is 3. The highest BCUT2D eigenvalue weighted by Crippen LogP contribution is 2.26. The van der Waals surface area contributed by atoms with E-state index in [1.165, 1.54) is 12.8 Å². The van der Waals surface area contributed by atoms with Gasteiger partial charge in [-0.3, -0.25) is 4.99 Å². The first-order valence-electron chi connectivity index (χ1n) is 6.71. The Hall–Kier alpha value is -1.33. The Kier molecular flexibility index (Phi) is 3.81. The van der Waals surface area contributed by atoms with Gasteiger partial charge in [0.25, 0.3) is 0 Å². The van der Waals surface area contributed by atoms with Gasteiger partial charge in [-0.05, 0) is 31.0 Å². The Balaban J connectivity index is 1.63. The standard InChI is InChI=1S/C14H17ClN4S/c1-19(10-3-4-10)14(16)17-7-6-13-18-11-8-9(15)2-5-12(11)20-13/h2,5,8,10H,3-4,6-7H2,1H3,(H2,16,17). The minimum atomic E-state index is 0.600. The van der Waals surface area contributed by atoms with Gasteiger partial charge in [0, 0.05) is 31.1 Å². The molecule has 106 valence electrons. The molecule has 0 amide bonds. The third-order valence-electron chi connectivity index (χ3n) is 3.45. The van der Waals surface area contributed by atoms with Crippen LogP contribution in [0, 0.1) is 0 Å². The van der Waals surface area contributed by atoms with Gasteiger partial charge in [0.05, 0.1) is 15.2 Å². The lowest BCUT2D eigenvalue weighted by Crippen LogP contribution is -2.35. The Morgan fingerprint density at radius 3 is 3.10 bits per heavy atom. The molecule has 6 heteroatoms. The molecule has 1 aromatic heterocycles. The first-order valence-corrected chi connectivity index (χ1v) is 7.90. The summed E-state index contributed by atoms with van der Waals surface area (Å²) in [5.74, 6) is 0.636. The lowest BCUT2D eigenvalue weighted by atomic mass is 10.3. The lowest BCUT2D eigenvalue weighted by molar-refractivity contribution is 0.487. The van der Waals surface area contributed by atoms with Gasteiger partial charge in [-0.1, -0.05) is 11.6 Å². The number of rotatable bonds is 4. The van der Waals surface area contributed by atoms with E-state index in [9.17, 15) is 0 Å². The van der Waals surface area contributed by atoms with E-state index in [-0.39, 0.29) is 0 Å². The molecule has 2 aromatic rings. The number of aromatic nitrogens is 1. The number of hydrogen-bond donors (Lipinski definition) is 1. The minimum Gasteiger partial charge on any atom is -0.370 e. The molecule has 0 atom stereocenters. The van der Waals surface area contributed by atoms with E-state index >= 15 is 0 Å². The number of benzene rings is 1. The van der Waals surface area contributed by atoms with Crippen LogP contribution in [-0.4, -0.2) is 35.5 Å². The van der Waals surface area contributed by atoms with Gasteiger partial charge in [0.2, 0.25) is 0 Å². The average molecular weight is 309 g/mol. The molecule has 1 aliphatic rings. The molecule has 1 fully saturated rings. The molecule has 20 heavy (non-hydrogen) atoms. The zero-order valence-electron chi connectivity index (χ0n) is 11.3. The number of halogens is 1. The first kappa shape index (κ1) is 13.6. The molecule has 0 bridgehead atoms. The molecule has 4 nitrogen and oxygen atoms in total. The summed E-state index contributed by atoms with van der Waals surface area (Å²) in [6, 6.07) is 6.41. The van der Waals surface area contributed by atoms with E-state index in [2.05, 4.69) is 14.9 Å². The molecule has 0 aliphatic heterocycles. The second-order valence-corrected chi connectivity index (χ2v) is 6.60. The third kappa shape index (κ3) is 3.04. The zero-order chi connectivity index (χ0) is 14.1. The predicted molar refractivity (Wildman–Crippen MR) is 85.6 cm³/mol. The van der Waals surface area contributed by atoms with Gasteiger partial charge in [0.1, 0.15) is 0 Å². The van der Waals surface area contributed by atoms with E-state index in [1.54, 1.807) is 11.3 Å². The Labute approximate surface area is 127 Å². The molecular weight excluding hydrogens is 292 g/mol. The molecule has 0 saturated heterocycles. The van der Waals surface area contributed by atoms with Crippen LogP contribution in [0.15, 0.2) is 23.2 Å². The van der Waals surface area contributed by atoms with Gasteiger partial charge in [-0.25, -0.2) is 4.98 Å². The van der Waals surface area contributed by atoms with Crippen LogP contribution in [-0.2, 0) is 6.42 Å². The van der Waals surface area contributed by atoms with Gasteiger partial charge in [-0.15, -0.1) is 11.3 Å². The highest BCUT2D eigenvalue weighted by molar-refractivity contribution is 7.18. The first-order chi connectivity index (χ1) is 9.63. The largest absolute Gasteiger partial charge is 0.370 e. The monoisotopic (exact) mass is 308 g/mol. The van der Waals surface area contributed by atoms with Crippen molar-refractivity contribution < 1.29 is 0 Å². The fourth-order valence-corrected chi connectivity index (χ4v) is 3.18. The van der Waals surface area contributed by atoms with Gasteiger partial charge < -0.3 is 10.6 Å². The van der Waals surface area contributed by atoms with E-state index < -0.39 is 0 Å².